The van der Waals surface area contributed by atoms with Gasteiger partial charge in [0, 0.05) is 12.3 Å². The number of imidazole rings is 1. The van der Waals surface area contributed by atoms with Gasteiger partial charge in [0.2, 0.25) is 0 Å². The van der Waals surface area contributed by atoms with Crippen LogP contribution in [0.1, 0.15) is 6.42 Å². The highest BCUT2D eigenvalue weighted by atomic mass is 32.2. The van der Waals surface area contributed by atoms with E-state index >= 15 is 0 Å². The first-order chi connectivity index (χ1) is 17.0. The highest BCUT2D eigenvalue weighted by Crippen LogP contribution is 2.24. The Labute approximate surface area is 202 Å². The lowest BCUT2D eigenvalue weighted by atomic mass is 10.2. The lowest BCUT2D eigenvalue weighted by molar-refractivity contribution is -0.0498. The smallest absolute Gasteiger partial charge is 0.387 e. The van der Waals surface area contributed by atoms with Crippen LogP contribution in [0, 0.1) is 0 Å². The van der Waals surface area contributed by atoms with E-state index < -0.39 is 6.61 Å². The molecule has 0 radical (unpaired) electrons. The fourth-order valence-corrected chi connectivity index (χ4v) is 4.86. The van der Waals surface area contributed by atoms with E-state index in [1.54, 1.807) is 34.9 Å². The third-order valence-corrected chi connectivity index (χ3v) is 6.53. The molecule has 5 aromatic rings. The maximum Gasteiger partial charge on any atom is 0.387 e. The molecule has 0 spiro atoms. The van der Waals surface area contributed by atoms with Gasteiger partial charge in [0.05, 0.1) is 27.6 Å². The summed E-state index contributed by atoms with van der Waals surface area (Å²) in [6, 6.07) is 20.4. The third-order valence-electron chi connectivity index (χ3n) is 5.50. The number of rotatable bonds is 8. The first-order valence-electron chi connectivity index (χ1n) is 10.9. The number of aromatic amines is 1. The summed E-state index contributed by atoms with van der Waals surface area (Å²) in [4.78, 5) is 33.2. The number of aromatic nitrogens is 4. The summed E-state index contributed by atoms with van der Waals surface area (Å²) in [5.74, 6) is 0.604. The van der Waals surface area contributed by atoms with Crippen LogP contribution >= 0.6 is 11.8 Å². The zero-order chi connectivity index (χ0) is 24.4. The van der Waals surface area contributed by atoms with Crippen molar-refractivity contribution in [1.82, 2.24) is 19.1 Å². The Hall–Kier alpha value is -3.92. The second kappa shape index (κ2) is 9.75. The number of hydrogen-bond acceptors (Lipinski definition) is 5. The van der Waals surface area contributed by atoms with Crippen molar-refractivity contribution in [3.63, 3.8) is 0 Å². The van der Waals surface area contributed by atoms with E-state index in [4.69, 9.17) is 0 Å². The summed E-state index contributed by atoms with van der Waals surface area (Å²) in [7, 11) is 0. The second-order valence-electron chi connectivity index (χ2n) is 7.73. The Kier molecular flexibility index (Phi) is 6.37. The van der Waals surface area contributed by atoms with Crippen molar-refractivity contribution in [2.75, 3.05) is 5.75 Å². The van der Waals surface area contributed by atoms with Gasteiger partial charge in [-0.25, -0.2) is 9.78 Å². The Morgan fingerprint density at radius 2 is 1.71 bits per heavy atom. The lowest BCUT2D eigenvalue weighted by Crippen LogP contribution is -2.22. The second-order valence-corrected chi connectivity index (χ2v) is 8.79. The normalized spacial score (nSPS) is 11.5. The SMILES string of the molecule is O=c1c2ccccc2nc(SCCCn2c(=O)[nH]c3ccccc32)n1-c1ccc(OC(F)F)cc1. The van der Waals surface area contributed by atoms with E-state index in [0.717, 1.165) is 11.0 Å². The average molecular weight is 495 g/mol. The molecule has 5 rings (SSSR count). The number of thioether (sulfide) groups is 1. The maximum atomic E-state index is 13.3. The minimum absolute atomic E-state index is 0.00363. The van der Waals surface area contributed by atoms with Gasteiger partial charge in [-0.05, 0) is 55.0 Å². The van der Waals surface area contributed by atoms with Crippen LogP contribution in [0.4, 0.5) is 8.78 Å². The van der Waals surface area contributed by atoms with Gasteiger partial charge in [-0.3, -0.25) is 13.9 Å². The van der Waals surface area contributed by atoms with Crippen LogP contribution in [0.15, 0.2) is 87.5 Å². The number of hydrogen-bond donors (Lipinski definition) is 1. The molecule has 0 atom stereocenters. The number of nitrogens with zero attached hydrogens (tertiary/aromatic N) is 3. The molecular formula is C25H20F2N4O3S. The molecule has 2 aromatic heterocycles. The molecular weight excluding hydrogens is 474 g/mol. The predicted octanol–water partition coefficient (Wildman–Crippen LogP) is 4.81. The highest BCUT2D eigenvalue weighted by Gasteiger charge is 2.14. The van der Waals surface area contributed by atoms with Gasteiger partial charge < -0.3 is 9.72 Å². The molecule has 2 heterocycles. The number of nitrogens with one attached hydrogen (secondary N) is 1. The van der Waals surface area contributed by atoms with Gasteiger partial charge in [-0.1, -0.05) is 36.0 Å². The maximum absolute atomic E-state index is 13.3. The zero-order valence-electron chi connectivity index (χ0n) is 18.4. The number of para-hydroxylation sites is 3. The molecule has 0 saturated carbocycles. The molecule has 0 fully saturated rings. The van der Waals surface area contributed by atoms with E-state index in [1.807, 2.05) is 30.3 Å². The van der Waals surface area contributed by atoms with Gasteiger partial charge in [0.15, 0.2) is 5.16 Å². The van der Waals surface area contributed by atoms with Gasteiger partial charge in [0.25, 0.3) is 5.56 Å². The lowest BCUT2D eigenvalue weighted by Gasteiger charge is -2.14. The molecule has 0 aliphatic carbocycles. The molecule has 178 valence electrons. The van der Waals surface area contributed by atoms with Crippen molar-refractivity contribution in [1.29, 1.82) is 0 Å². The summed E-state index contributed by atoms with van der Waals surface area (Å²) in [5.41, 5.74) is 2.27. The fourth-order valence-electron chi connectivity index (χ4n) is 3.93. The predicted molar refractivity (Wildman–Crippen MR) is 132 cm³/mol. The summed E-state index contributed by atoms with van der Waals surface area (Å²) < 4.78 is 32.6. The zero-order valence-corrected chi connectivity index (χ0v) is 19.2. The van der Waals surface area contributed by atoms with E-state index in [9.17, 15) is 18.4 Å². The summed E-state index contributed by atoms with van der Waals surface area (Å²) in [6.45, 7) is -2.42. The van der Waals surface area contributed by atoms with E-state index in [0.29, 0.717) is 40.5 Å². The van der Waals surface area contributed by atoms with Crippen molar-refractivity contribution >= 4 is 33.7 Å². The summed E-state index contributed by atoms with van der Waals surface area (Å²) >= 11 is 1.39. The molecule has 0 amide bonds. The Morgan fingerprint density at radius 1 is 0.971 bits per heavy atom. The third kappa shape index (κ3) is 4.69. The van der Waals surface area contributed by atoms with Crippen molar-refractivity contribution < 1.29 is 13.5 Å². The van der Waals surface area contributed by atoms with Crippen molar-refractivity contribution in [2.45, 2.75) is 24.7 Å². The minimum atomic E-state index is -2.93. The van der Waals surface area contributed by atoms with Crippen LogP contribution in [0.25, 0.3) is 27.6 Å². The van der Waals surface area contributed by atoms with Crippen molar-refractivity contribution in [2.24, 2.45) is 0 Å². The molecule has 10 heteroatoms. The van der Waals surface area contributed by atoms with Crippen LogP contribution in [0.5, 0.6) is 5.75 Å². The van der Waals surface area contributed by atoms with Crippen LogP contribution in [0.2, 0.25) is 0 Å². The molecule has 3 aromatic carbocycles. The average Bonchev–Trinajstić information content (AvgIpc) is 3.17. The quantitative estimate of drug-likeness (QED) is 0.190. The Morgan fingerprint density at radius 3 is 2.51 bits per heavy atom. The van der Waals surface area contributed by atoms with Crippen LogP contribution in [-0.2, 0) is 6.54 Å². The molecule has 0 saturated heterocycles. The molecule has 0 aliphatic rings. The van der Waals surface area contributed by atoms with Gasteiger partial charge in [0.1, 0.15) is 5.75 Å². The molecule has 0 bridgehead atoms. The number of alkyl halides is 2. The molecule has 7 nitrogen and oxygen atoms in total. The Bertz CT molecular complexity index is 1610. The van der Waals surface area contributed by atoms with Crippen LogP contribution in [0.3, 0.4) is 0 Å². The standard InChI is InChI=1S/C25H20F2N4O3S/c26-23(27)34-17-12-10-16(11-13-17)31-22(32)18-6-1-2-7-19(18)29-25(31)35-15-5-14-30-21-9-4-3-8-20(21)28-24(30)33/h1-4,6-13,23H,5,14-15H2,(H,28,33). The fraction of sp³-hybridized carbons (Fsp3) is 0.160. The summed E-state index contributed by atoms with van der Waals surface area (Å²) in [6.07, 6.45) is 0.663. The molecule has 1 N–H and O–H groups in total. The number of H-pyrrole nitrogens is 1. The minimum Gasteiger partial charge on any atom is -0.435 e. The van der Waals surface area contributed by atoms with E-state index in [1.165, 1.54) is 28.5 Å². The first kappa shape index (κ1) is 22.9. The monoisotopic (exact) mass is 494 g/mol. The largest absolute Gasteiger partial charge is 0.435 e. The van der Waals surface area contributed by atoms with Gasteiger partial charge in [-0.15, -0.1) is 0 Å². The summed E-state index contributed by atoms with van der Waals surface area (Å²) in [5, 5.41) is 0.928. The number of benzene rings is 3. The number of aryl methyl sites for hydroxylation is 1. The van der Waals surface area contributed by atoms with E-state index in [-0.39, 0.29) is 17.0 Å². The van der Waals surface area contributed by atoms with Crippen LogP contribution in [-0.4, -0.2) is 31.5 Å². The van der Waals surface area contributed by atoms with Crippen LogP contribution < -0.4 is 16.0 Å². The number of halogens is 2. The highest BCUT2D eigenvalue weighted by molar-refractivity contribution is 7.99. The molecule has 0 unspecified atom stereocenters. The topological polar surface area (TPSA) is 81.9 Å². The number of ether oxygens (including phenoxy) is 1. The molecule has 0 aliphatic heterocycles. The van der Waals surface area contributed by atoms with Gasteiger partial charge in [-0.2, -0.15) is 8.78 Å². The van der Waals surface area contributed by atoms with Crippen molar-refractivity contribution in [3.05, 3.63) is 93.6 Å². The van der Waals surface area contributed by atoms with Gasteiger partial charge >= 0.3 is 12.3 Å². The Balaban J connectivity index is 1.42. The number of fused-ring (bicyclic) bond motifs is 2. The molecule has 35 heavy (non-hydrogen) atoms. The van der Waals surface area contributed by atoms with Crippen molar-refractivity contribution in [3.8, 4) is 11.4 Å². The first-order valence-corrected chi connectivity index (χ1v) is 11.9. The van der Waals surface area contributed by atoms with E-state index in [2.05, 4.69) is 14.7 Å².